The number of amides is 1. The molecule has 2 N–H and O–H groups in total. The number of hydrogen-bond donors (Lipinski definition) is 2. The molecule has 0 saturated carbocycles. The summed E-state index contributed by atoms with van der Waals surface area (Å²) in [6.07, 6.45) is 0. The van der Waals surface area contributed by atoms with Crippen LogP contribution in [0.3, 0.4) is 0 Å². The molecule has 1 aromatic carbocycles. The predicted octanol–water partition coefficient (Wildman–Crippen LogP) is 3.02. The average molecular weight is 291 g/mol. The largest absolute Gasteiger partial charge is 0.497 e. The number of carbonyl (C=O) groups excluding carboxylic acids is 1. The van der Waals surface area contributed by atoms with Crippen molar-refractivity contribution in [1.82, 2.24) is 0 Å². The maximum Gasteiger partial charge on any atom is 0.348 e. The summed E-state index contributed by atoms with van der Waals surface area (Å²) in [7, 11) is 1.52. The van der Waals surface area contributed by atoms with E-state index >= 15 is 0 Å². The van der Waals surface area contributed by atoms with Crippen molar-refractivity contribution in [3.8, 4) is 5.75 Å². The highest BCUT2D eigenvalue weighted by atomic mass is 32.1. The average Bonchev–Trinajstić information content (AvgIpc) is 2.80. The first-order chi connectivity index (χ1) is 9.52. The number of methoxy groups -OCH3 is 1. The number of benzene rings is 1. The normalized spacial score (nSPS) is 10.1. The van der Waals surface area contributed by atoms with Gasteiger partial charge < -0.3 is 15.2 Å². The van der Waals surface area contributed by atoms with Crippen molar-refractivity contribution in [2.45, 2.75) is 6.92 Å². The second-order valence-corrected chi connectivity index (χ2v) is 4.99. The fourth-order valence-electron chi connectivity index (χ4n) is 1.71. The Hall–Kier alpha value is -2.34. The molecule has 5 nitrogen and oxygen atoms in total. The van der Waals surface area contributed by atoms with E-state index in [2.05, 4.69) is 5.32 Å². The van der Waals surface area contributed by atoms with Crippen LogP contribution in [0.2, 0.25) is 0 Å². The lowest BCUT2D eigenvalue weighted by molar-refractivity contribution is 0.0703. The molecule has 0 unspecified atom stereocenters. The monoisotopic (exact) mass is 291 g/mol. The highest BCUT2D eigenvalue weighted by molar-refractivity contribution is 7.12. The van der Waals surface area contributed by atoms with Gasteiger partial charge in [0.15, 0.2) is 0 Å². The number of thiophene rings is 1. The van der Waals surface area contributed by atoms with Crippen molar-refractivity contribution in [2.75, 3.05) is 12.4 Å². The molecule has 0 aliphatic heterocycles. The molecular formula is C14H13NO4S. The minimum Gasteiger partial charge on any atom is -0.497 e. The number of nitrogens with one attached hydrogen (secondary N) is 1. The molecule has 0 radical (unpaired) electrons. The molecule has 2 rings (SSSR count). The van der Waals surface area contributed by atoms with Crippen molar-refractivity contribution in [2.24, 2.45) is 0 Å². The number of aromatic carboxylic acids is 1. The van der Waals surface area contributed by atoms with Gasteiger partial charge in [-0.2, -0.15) is 0 Å². The number of ether oxygens (including phenoxy) is 1. The highest BCUT2D eigenvalue weighted by Gasteiger charge is 2.18. The van der Waals surface area contributed by atoms with Crippen LogP contribution in [0, 0.1) is 6.92 Å². The number of carboxylic acids is 1. The van der Waals surface area contributed by atoms with Gasteiger partial charge in [-0.1, -0.05) is 6.07 Å². The smallest absolute Gasteiger partial charge is 0.348 e. The van der Waals surface area contributed by atoms with Crippen LogP contribution >= 0.6 is 11.3 Å². The van der Waals surface area contributed by atoms with Crippen LogP contribution in [-0.2, 0) is 0 Å². The van der Waals surface area contributed by atoms with Crippen molar-refractivity contribution in [3.63, 3.8) is 0 Å². The summed E-state index contributed by atoms with van der Waals surface area (Å²) >= 11 is 1.09. The first-order valence-corrected chi connectivity index (χ1v) is 6.67. The number of anilines is 1. The Kier molecular flexibility index (Phi) is 4.05. The van der Waals surface area contributed by atoms with Gasteiger partial charge in [-0.15, -0.1) is 11.3 Å². The second-order valence-electron chi connectivity index (χ2n) is 4.11. The molecule has 0 saturated heterocycles. The number of carbonyl (C=O) groups is 2. The van der Waals surface area contributed by atoms with Crippen LogP contribution in [0.1, 0.15) is 25.6 Å². The van der Waals surface area contributed by atoms with Crippen LogP contribution < -0.4 is 10.1 Å². The lowest BCUT2D eigenvalue weighted by Crippen LogP contribution is -2.14. The number of rotatable bonds is 4. The summed E-state index contributed by atoms with van der Waals surface area (Å²) < 4.78 is 5.05. The molecule has 20 heavy (non-hydrogen) atoms. The fourth-order valence-corrected chi connectivity index (χ4v) is 2.55. The molecule has 0 aliphatic rings. The van der Waals surface area contributed by atoms with E-state index in [1.54, 1.807) is 36.6 Å². The maximum absolute atomic E-state index is 12.2. The van der Waals surface area contributed by atoms with Crippen molar-refractivity contribution in [1.29, 1.82) is 0 Å². The van der Waals surface area contributed by atoms with E-state index in [0.717, 1.165) is 16.9 Å². The lowest BCUT2D eigenvalue weighted by Gasteiger charge is -2.07. The molecule has 0 aliphatic carbocycles. The molecule has 0 bridgehead atoms. The molecule has 104 valence electrons. The summed E-state index contributed by atoms with van der Waals surface area (Å²) in [4.78, 5) is 23.4. The van der Waals surface area contributed by atoms with E-state index in [1.165, 1.54) is 7.11 Å². The van der Waals surface area contributed by atoms with Gasteiger partial charge in [0.25, 0.3) is 5.91 Å². The van der Waals surface area contributed by atoms with Gasteiger partial charge in [-0.25, -0.2) is 4.79 Å². The van der Waals surface area contributed by atoms with Gasteiger partial charge in [-0.3, -0.25) is 4.79 Å². The standard InChI is InChI=1S/C14H13NO4S/c1-8-7-20-12(14(17)18)11(8)15-13(16)9-4-3-5-10(6-9)19-2/h3-7H,1-2H3,(H,15,16)(H,17,18). The minimum absolute atomic E-state index is 0.124. The molecule has 1 heterocycles. The summed E-state index contributed by atoms with van der Waals surface area (Å²) in [6.45, 7) is 1.75. The van der Waals surface area contributed by atoms with Gasteiger partial charge in [0, 0.05) is 5.56 Å². The Morgan fingerprint density at radius 2 is 2.10 bits per heavy atom. The van der Waals surface area contributed by atoms with Gasteiger partial charge in [0.05, 0.1) is 12.8 Å². The zero-order chi connectivity index (χ0) is 14.7. The van der Waals surface area contributed by atoms with Crippen molar-refractivity contribution >= 4 is 28.9 Å². The topological polar surface area (TPSA) is 75.6 Å². The molecule has 0 atom stereocenters. The third-order valence-corrected chi connectivity index (χ3v) is 3.83. The Balaban J connectivity index is 2.27. The number of hydrogen-bond acceptors (Lipinski definition) is 4. The molecule has 2 aromatic rings. The highest BCUT2D eigenvalue weighted by Crippen LogP contribution is 2.28. The SMILES string of the molecule is COc1cccc(C(=O)Nc2c(C)csc2C(=O)O)c1. The van der Waals surface area contributed by atoms with Crippen molar-refractivity contribution in [3.05, 3.63) is 45.6 Å². The number of aryl methyl sites for hydroxylation is 1. The Morgan fingerprint density at radius 3 is 2.75 bits per heavy atom. The summed E-state index contributed by atoms with van der Waals surface area (Å²) in [5.41, 5.74) is 1.48. The summed E-state index contributed by atoms with van der Waals surface area (Å²) in [5, 5.41) is 13.4. The van der Waals surface area contributed by atoms with Crippen LogP contribution in [0.5, 0.6) is 5.75 Å². The van der Waals surface area contributed by atoms with Crippen LogP contribution in [0.4, 0.5) is 5.69 Å². The van der Waals surface area contributed by atoms with E-state index in [0.29, 0.717) is 17.0 Å². The zero-order valence-corrected chi connectivity index (χ0v) is 11.8. The number of carboxylic acid groups (broad SMARTS) is 1. The van der Waals surface area contributed by atoms with Gasteiger partial charge in [-0.05, 0) is 36.1 Å². The van der Waals surface area contributed by atoms with Gasteiger partial charge >= 0.3 is 5.97 Å². The van der Waals surface area contributed by atoms with Gasteiger partial charge in [0.1, 0.15) is 10.6 Å². The molecule has 1 amide bonds. The van der Waals surface area contributed by atoms with E-state index in [1.807, 2.05) is 0 Å². The van der Waals surface area contributed by atoms with E-state index in [-0.39, 0.29) is 10.8 Å². The van der Waals surface area contributed by atoms with Crippen molar-refractivity contribution < 1.29 is 19.4 Å². The molecular weight excluding hydrogens is 278 g/mol. The Bertz CT molecular complexity index is 663. The first kappa shape index (κ1) is 14.1. The summed E-state index contributed by atoms with van der Waals surface area (Å²) in [5.74, 6) is -0.852. The van der Waals surface area contributed by atoms with E-state index in [4.69, 9.17) is 9.84 Å². The zero-order valence-electron chi connectivity index (χ0n) is 11.0. The molecule has 0 fully saturated rings. The second kappa shape index (κ2) is 5.75. The Morgan fingerprint density at radius 1 is 1.35 bits per heavy atom. The maximum atomic E-state index is 12.2. The molecule has 0 spiro atoms. The molecule has 6 heteroatoms. The first-order valence-electron chi connectivity index (χ1n) is 5.79. The third-order valence-electron chi connectivity index (χ3n) is 2.74. The lowest BCUT2D eigenvalue weighted by atomic mass is 10.2. The third kappa shape index (κ3) is 2.80. The van der Waals surface area contributed by atoms with E-state index in [9.17, 15) is 9.59 Å². The fraction of sp³-hybridized carbons (Fsp3) is 0.143. The predicted molar refractivity (Wildman–Crippen MR) is 77.0 cm³/mol. The van der Waals surface area contributed by atoms with Crippen LogP contribution in [0.25, 0.3) is 0 Å². The van der Waals surface area contributed by atoms with Gasteiger partial charge in [0.2, 0.25) is 0 Å². The van der Waals surface area contributed by atoms with E-state index < -0.39 is 5.97 Å². The van der Waals surface area contributed by atoms with Crippen LogP contribution in [-0.4, -0.2) is 24.1 Å². The minimum atomic E-state index is -1.05. The molecule has 1 aromatic heterocycles. The quantitative estimate of drug-likeness (QED) is 0.908. The van der Waals surface area contributed by atoms with Crippen LogP contribution in [0.15, 0.2) is 29.6 Å². The summed E-state index contributed by atoms with van der Waals surface area (Å²) in [6, 6.07) is 6.67. The Labute approximate surface area is 119 Å².